The Hall–Kier alpha value is -1.13. The van der Waals surface area contributed by atoms with Crippen LogP contribution in [0.4, 0.5) is 0 Å². The summed E-state index contributed by atoms with van der Waals surface area (Å²) in [4.78, 5) is 0.353. The molecule has 0 saturated heterocycles. The molecule has 0 bridgehead atoms. The van der Waals surface area contributed by atoms with E-state index in [0.29, 0.717) is 4.90 Å². The summed E-state index contributed by atoms with van der Waals surface area (Å²) in [5, 5.41) is 3.20. The van der Waals surface area contributed by atoms with Crippen LogP contribution < -0.4 is 5.32 Å². The highest BCUT2D eigenvalue weighted by molar-refractivity contribution is 7.90. The summed E-state index contributed by atoms with van der Waals surface area (Å²) >= 11 is 0. The van der Waals surface area contributed by atoms with Gasteiger partial charge < -0.3 is 5.32 Å². The maximum absolute atomic E-state index is 11.3. The van der Waals surface area contributed by atoms with E-state index in [0.717, 1.165) is 17.6 Å². The second-order valence-electron chi connectivity index (χ2n) is 4.34. The van der Waals surface area contributed by atoms with Crippen LogP contribution in [0.5, 0.6) is 0 Å². The zero-order chi connectivity index (χ0) is 13.1. The van der Waals surface area contributed by atoms with Crippen molar-refractivity contribution in [1.29, 1.82) is 0 Å². The summed E-state index contributed by atoms with van der Waals surface area (Å²) in [7, 11) is -1.23. The lowest BCUT2D eigenvalue weighted by Gasteiger charge is -2.16. The van der Waals surface area contributed by atoms with Gasteiger partial charge in [0.25, 0.3) is 0 Å². The molecule has 0 fully saturated rings. The first kappa shape index (κ1) is 13.9. The summed E-state index contributed by atoms with van der Waals surface area (Å²) < 4.78 is 22.7. The Kier molecular flexibility index (Phi) is 4.48. The van der Waals surface area contributed by atoms with Gasteiger partial charge in [0.05, 0.1) is 4.90 Å². The minimum absolute atomic E-state index is 0.182. The summed E-state index contributed by atoms with van der Waals surface area (Å²) in [5.74, 6) is 0. The molecule has 1 unspecified atom stereocenters. The van der Waals surface area contributed by atoms with E-state index in [-0.39, 0.29) is 6.04 Å². The number of rotatable bonds is 5. The topological polar surface area (TPSA) is 46.2 Å². The smallest absolute Gasteiger partial charge is 0.175 e. The van der Waals surface area contributed by atoms with Crippen LogP contribution in [-0.2, 0) is 9.84 Å². The van der Waals surface area contributed by atoms with Gasteiger partial charge in [-0.3, -0.25) is 0 Å². The minimum atomic E-state index is -3.11. The average molecular weight is 253 g/mol. The lowest BCUT2D eigenvalue weighted by atomic mass is 10.0. The maximum Gasteiger partial charge on any atom is 0.175 e. The molecule has 0 radical (unpaired) electrons. The van der Waals surface area contributed by atoms with E-state index >= 15 is 0 Å². The van der Waals surface area contributed by atoms with E-state index in [1.807, 2.05) is 26.1 Å². The third-order valence-electron chi connectivity index (χ3n) is 2.61. The van der Waals surface area contributed by atoms with Crippen molar-refractivity contribution in [3.8, 4) is 0 Å². The quantitative estimate of drug-likeness (QED) is 0.819. The molecule has 1 aromatic rings. The molecule has 1 aromatic carbocycles. The van der Waals surface area contributed by atoms with Crippen LogP contribution >= 0.6 is 0 Å². The van der Waals surface area contributed by atoms with Gasteiger partial charge in [-0.1, -0.05) is 17.7 Å². The van der Waals surface area contributed by atoms with Crippen LogP contribution in [0.15, 0.2) is 41.3 Å². The van der Waals surface area contributed by atoms with Crippen molar-refractivity contribution in [1.82, 2.24) is 5.32 Å². The molecule has 1 N–H and O–H groups in total. The molecule has 0 heterocycles. The molecule has 0 aromatic heterocycles. The molecular weight excluding hydrogens is 234 g/mol. The first-order valence-corrected chi connectivity index (χ1v) is 7.35. The maximum atomic E-state index is 11.3. The van der Waals surface area contributed by atoms with Crippen LogP contribution in [0.25, 0.3) is 0 Å². The van der Waals surface area contributed by atoms with Gasteiger partial charge in [0.15, 0.2) is 9.84 Å². The highest BCUT2D eigenvalue weighted by Gasteiger charge is 2.11. The second kappa shape index (κ2) is 5.47. The van der Waals surface area contributed by atoms with E-state index in [2.05, 4.69) is 11.9 Å². The van der Waals surface area contributed by atoms with Gasteiger partial charge in [-0.15, -0.1) is 6.58 Å². The lowest BCUT2D eigenvalue weighted by molar-refractivity contribution is 0.588. The Morgan fingerprint density at radius 1 is 1.35 bits per heavy atom. The Morgan fingerprint density at radius 3 is 2.24 bits per heavy atom. The van der Waals surface area contributed by atoms with Gasteiger partial charge in [0.1, 0.15) is 0 Å². The van der Waals surface area contributed by atoms with Gasteiger partial charge >= 0.3 is 0 Å². The van der Waals surface area contributed by atoms with Crippen molar-refractivity contribution in [2.75, 3.05) is 13.3 Å². The second-order valence-corrected chi connectivity index (χ2v) is 6.36. The molecule has 0 aliphatic rings. The fraction of sp³-hybridized carbons (Fsp3) is 0.385. The lowest BCUT2D eigenvalue weighted by Crippen LogP contribution is -2.16. The van der Waals surface area contributed by atoms with Gasteiger partial charge in [-0.25, -0.2) is 8.42 Å². The molecule has 1 rings (SSSR count). The molecule has 4 heteroatoms. The molecule has 0 amide bonds. The van der Waals surface area contributed by atoms with E-state index in [1.54, 1.807) is 12.1 Å². The Balaban J connectivity index is 2.97. The average Bonchev–Trinajstić information content (AvgIpc) is 2.24. The Bertz CT molecular complexity index is 489. The van der Waals surface area contributed by atoms with Crippen molar-refractivity contribution >= 4 is 9.84 Å². The number of hydrogen-bond donors (Lipinski definition) is 1. The number of benzene rings is 1. The van der Waals surface area contributed by atoms with Crippen LogP contribution in [-0.4, -0.2) is 21.7 Å². The van der Waals surface area contributed by atoms with Gasteiger partial charge in [-0.05, 0) is 38.1 Å². The van der Waals surface area contributed by atoms with Crippen molar-refractivity contribution in [3.63, 3.8) is 0 Å². The predicted octanol–water partition coefficient (Wildman–Crippen LogP) is 2.32. The normalized spacial score (nSPS) is 13.4. The highest BCUT2D eigenvalue weighted by atomic mass is 32.2. The molecule has 0 spiro atoms. The van der Waals surface area contributed by atoms with Gasteiger partial charge in [0, 0.05) is 12.3 Å². The number of sulfone groups is 1. The molecule has 3 nitrogen and oxygen atoms in total. The van der Waals surface area contributed by atoms with Crippen LogP contribution in [0.1, 0.15) is 24.9 Å². The van der Waals surface area contributed by atoms with Gasteiger partial charge in [-0.2, -0.15) is 0 Å². The molecule has 0 saturated carbocycles. The summed E-state index contributed by atoms with van der Waals surface area (Å²) in [5.41, 5.74) is 2.17. The van der Waals surface area contributed by atoms with E-state index in [4.69, 9.17) is 0 Å². The standard InChI is InChI=1S/C13H19NO2S/c1-10(2)9-13(14-3)11-5-7-12(8-6-11)17(4,15)16/h5-8,13-14H,1,9H2,2-4H3. The molecule has 94 valence electrons. The molecule has 0 aliphatic heterocycles. The Morgan fingerprint density at radius 2 is 1.88 bits per heavy atom. The summed E-state index contributed by atoms with van der Waals surface area (Å²) in [6.07, 6.45) is 2.06. The van der Waals surface area contributed by atoms with E-state index in [1.165, 1.54) is 6.26 Å². The van der Waals surface area contributed by atoms with Crippen molar-refractivity contribution in [2.45, 2.75) is 24.3 Å². The molecule has 17 heavy (non-hydrogen) atoms. The van der Waals surface area contributed by atoms with E-state index in [9.17, 15) is 8.42 Å². The van der Waals surface area contributed by atoms with Crippen LogP contribution in [0.2, 0.25) is 0 Å². The molecule has 0 aliphatic carbocycles. The SMILES string of the molecule is C=C(C)CC(NC)c1ccc(S(C)(=O)=O)cc1. The fourth-order valence-electron chi connectivity index (χ4n) is 1.68. The van der Waals surface area contributed by atoms with Crippen molar-refractivity contribution < 1.29 is 8.42 Å². The highest BCUT2D eigenvalue weighted by Crippen LogP contribution is 2.21. The zero-order valence-electron chi connectivity index (χ0n) is 10.5. The zero-order valence-corrected chi connectivity index (χ0v) is 11.3. The van der Waals surface area contributed by atoms with Crippen LogP contribution in [0.3, 0.4) is 0 Å². The fourth-order valence-corrected chi connectivity index (χ4v) is 2.31. The third kappa shape index (κ3) is 3.98. The van der Waals surface area contributed by atoms with Crippen molar-refractivity contribution in [2.24, 2.45) is 0 Å². The molecular formula is C13H19NO2S. The van der Waals surface area contributed by atoms with Gasteiger partial charge in [0.2, 0.25) is 0 Å². The number of hydrogen-bond acceptors (Lipinski definition) is 3. The van der Waals surface area contributed by atoms with E-state index < -0.39 is 9.84 Å². The monoisotopic (exact) mass is 253 g/mol. The summed E-state index contributed by atoms with van der Waals surface area (Å²) in [6, 6.07) is 7.17. The predicted molar refractivity (Wildman–Crippen MR) is 70.8 cm³/mol. The first-order chi connectivity index (χ1) is 7.84. The van der Waals surface area contributed by atoms with Crippen LogP contribution in [0, 0.1) is 0 Å². The van der Waals surface area contributed by atoms with Crippen molar-refractivity contribution in [3.05, 3.63) is 42.0 Å². The third-order valence-corrected chi connectivity index (χ3v) is 3.74. The largest absolute Gasteiger partial charge is 0.313 e. The number of nitrogens with one attached hydrogen (secondary N) is 1. The summed E-state index contributed by atoms with van der Waals surface area (Å²) in [6.45, 7) is 5.87. The first-order valence-electron chi connectivity index (χ1n) is 5.46. The minimum Gasteiger partial charge on any atom is -0.313 e. The Labute approximate surface area is 103 Å². The molecule has 1 atom stereocenters.